The monoisotopic (exact) mass is 488 g/mol. The molecule has 0 radical (unpaired) electrons. The number of hydrogen-bond acceptors (Lipinski definition) is 3. The number of halogens is 1. The lowest BCUT2D eigenvalue weighted by atomic mass is 9.94. The van der Waals surface area contributed by atoms with E-state index in [1.54, 1.807) is 0 Å². The topological polar surface area (TPSA) is 57.5 Å². The summed E-state index contributed by atoms with van der Waals surface area (Å²) in [5.74, 6) is 0.927. The summed E-state index contributed by atoms with van der Waals surface area (Å²) in [6, 6.07) is 0.850. The lowest BCUT2D eigenvalue weighted by molar-refractivity contribution is 0.289. The van der Waals surface area contributed by atoms with E-state index in [-0.39, 0.29) is 24.0 Å². The maximum atomic E-state index is 4.78. The van der Waals surface area contributed by atoms with Crippen LogP contribution in [0.2, 0.25) is 0 Å². The molecular formula is C20H37IN6. The number of aliphatic imine (C=N–C) groups is 1. The van der Waals surface area contributed by atoms with Crippen molar-refractivity contribution in [3.8, 4) is 0 Å². The molecule has 1 atom stereocenters. The van der Waals surface area contributed by atoms with Gasteiger partial charge in [-0.2, -0.15) is 5.10 Å². The lowest BCUT2D eigenvalue weighted by Crippen LogP contribution is -2.47. The van der Waals surface area contributed by atoms with Gasteiger partial charge in [-0.25, -0.2) is 0 Å². The fourth-order valence-electron chi connectivity index (χ4n) is 3.98. The summed E-state index contributed by atoms with van der Waals surface area (Å²) >= 11 is 0. The van der Waals surface area contributed by atoms with Gasteiger partial charge in [0.15, 0.2) is 5.96 Å². The summed E-state index contributed by atoms with van der Waals surface area (Å²) < 4.78 is 2.10. The van der Waals surface area contributed by atoms with Gasteiger partial charge in [-0.1, -0.05) is 12.8 Å². The van der Waals surface area contributed by atoms with Crippen LogP contribution in [0.4, 0.5) is 0 Å². The van der Waals surface area contributed by atoms with Gasteiger partial charge in [-0.3, -0.25) is 9.67 Å². The zero-order valence-electron chi connectivity index (χ0n) is 17.2. The van der Waals surface area contributed by atoms with Gasteiger partial charge in [-0.15, -0.1) is 24.0 Å². The Morgan fingerprint density at radius 3 is 2.67 bits per heavy atom. The molecule has 1 aromatic rings. The molecule has 6 nitrogen and oxygen atoms in total. The van der Waals surface area contributed by atoms with Crippen molar-refractivity contribution in [1.82, 2.24) is 25.3 Å². The average Bonchev–Trinajstić information content (AvgIpc) is 2.89. The third kappa shape index (κ3) is 6.62. The molecule has 0 saturated carbocycles. The number of hydrogen-bond donors (Lipinski definition) is 2. The summed E-state index contributed by atoms with van der Waals surface area (Å²) in [5, 5.41) is 11.9. The van der Waals surface area contributed by atoms with Gasteiger partial charge in [-0.05, 0) is 58.2 Å². The van der Waals surface area contributed by atoms with Gasteiger partial charge < -0.3 is 15.5 Å². The normalized spacial score (nSPS) is 21.3. The average molecular weight is 488 g/mol. The molecular weight excluding hydrogens is 451 g/mol. The summed E-state index contributed by atoms with van der Waals surface area (Å²) in [6.45, 7) is 8.93. The molecule has 154 valence electrons. The van der Waals surface area contributed by atoms with E-state index in [1.165, 1.54) is 50.0 Å². The van der Waals surface area contributed by atoms with E-state index in [9.17, 15) is 0 Å². The van der Waals surface area contributed by atoms with Crippen molar-refractivity contribution in [1.29, 1.82) is 0 Å². The minimum atomic E-state index is 0. The summed E-state index contributed by atoms with van der Waals surface area (Å²) in [4.78, 5) is 7.01. The van der Waals surface area contributed by atoms with Crippen molar-refractivity contribution < 1.29 is 0 Å². The van der Waals surface area contributed by atoms with Crippen LogP contribution in [0, 0.1) is 0 Å². The predicted octanol–water partition coefficient (Wildman–Crippen LogP) is 2.98. The molecule has 1 aliphatic carbocycles. The van der Waals surface area contributed by atoms with Crippen LogP contribution in [0.3, 0.4) is 0 Å². The number of guanidine groups is 1. The summed E-state index contributed by atoms with van der Waals surface area (Å²) in [5.41, 5.74) is 2.67. The van der Waals surface area contributed by atoms with Gasteiger partial charge in [0, 0.05) is 44.8 Å². The van der Waals surface area contributed by atoms with Crippen LogP contribution in [0.25, 0.3) is 0 Å². The molecule has 7 heteroatoms. The van der Waals surface area contributed by atoms with Crippen LogP contribution >= 0.6 is 24.0 Å². The van der Waals surface area contributed by atoms with Crippen LogP contribution in [-0.2, 0) is 12.8 Å². The van der Waals surface area contributed by atoms with E-state index in [1.807, 2.05) is 7.05 Å². The number of fused-ring (bicyclic) bond motifs is 1. The first kappa shape index (κ1) is 22.5. The highest BCUT2D eigenvalue weighted by molar-refractivity contribution is 14.0. The fourth-order valence-corrected chi connectivity index (χ4v) is 3.98. The zero-order chi connectivity index (χ0) is 18.4. The molecule has 2 N–H and O–H groups in total. The molecule has 1 aliphatic heterocycles. The number of nitrogens with one attached hydrogen (secondary N) is 2. The largest absolute Gasteiger partial charge is 0.355 e. The van der Waals surface area contributed by atoms with Crippen LogP contribution in [0.5, 0.6) is 0 Å². The van der Waals surface area contributed by atoms with Crippen molar-refractivity contribution >= 4 is 29.9 Å². The molecule has 1 fully saturated rings. The van der Waals surface area contributed by atoms with E-state index >= 15 is 0 Å². The van der Waals surface area contributed by atoms with Crippen molar-refractivity contribution in [2.75, 3.05) is 33.2 Å². The molecule has 1 aromatic heterocycles. The second-order valence-corrected chi connectivity index (χ2v) is 8.01. The van der Waals surface area contributed by atoms with Crippen molar-refractivity contribution in [3.05, 3.63) is 17.5 Å². The molecule has 1 unspecified atom stereocenters. The minimum Gasteiger partial charge on any atom is -0.355 e. The van der Waals surface area contributed by atoms with E-state index in [4.69, 9.17) is 5.10 Å². The van der Waals surface area contributed by atoms with E-state index in [0.717, 1.165) is 38.3 Å². The Labute approximate surface area is 181 Å². The summed E-state index contributed by atoms with van der Waals surface area (Å²) in [6.07, 6.45) is 10.9. The molecule has 0 aromatic carbocycles. The number of aryl methyl sites for hydroxylation is 1. The van der Waals surface area contributed by atoms with Gasteiger partial charge in [0.2, 0.25) is 0 Å². The maximum absolute atomic E-state index is 4.78. The van der Waals surface area contributed by atoms with Gasteiger partial charge >= 0.3 is 0 Å². The number of rotatable bonds is 5. The highest BCUT2D eigenvalue weighted by Gasteiger charge is 2.23. The zero-order valence-corrected chi connectivity index (χ0v) is 19.5. The van der Waals surface area contributed by atoms with Gasteiger partial charge in [0.25, 0.3) is 0 Å². The first-order valence-corrected chi connectivity index (χ1v) is 10.4. The van der Waals surface area contributed by atoms with Gasteiger partial charge in [0.1, 0.15) is 0 Å². The van der Waals surface area contributed by atoms with E-state index in [2.05, 4.69) is 45.3 Å². The van der Waals surface area contributed by atoms with E-state index in [0.29, 0.717) is 12.1 Å². The second kappa shape index (κ2) is 11.2. The quantitative estimate of drug-likeness (QED) is 0.380. The Bertz CT molecular complexity index is 589. The first-order chi connectivity index (χ1) is 12.7. The second-order valence-electron chi connectivity index (χ2n) is 8.01. The molecule has 0 spiro atoms. The Morgan fingerprint density at radius 2 is 2.00 bits per heavy atom. The SMILES string of the molecule is CN=C(NCCN1CCCCCC1)NC1CCc2cn(C(C)C)nc2C1.I. The van der Waals surface area contributed by atoms with Crippen LogP contribution in [0.15, 0.2) is 11.2 Å². The Kier molecular flexibility index (Phi) is 9.35. The fraction of sp³-hybridized carbons (Fsp3) is 0.800. The molecule has 0 amide bonds. The third-order valence-corrected chi connectivity index (χ3v) is 5.61. The standard InChI is InChI=1S/C20H36N6.HI/c1-16(2)26-15-17-8-9-18(14-19(17)24-26)23-20(21-3)22-10-13-25-11-6-4-5-7-12-25;/h15-16,18H,4-14H2,1-3H3,(H2,21,22,23);1H. The van der Waals surface area contributed by atoms with Crippen molar-refractivity contribution in [3.63, 3.8) is 0 Å². The first-order valence-electron chi connectivity index (χ1n) is 10.4. The highest BCUT2D eigenvalue weighted by Crippen LogP contribution is 2.21. The Balaban J connectivity index is 0.00000261. The summed E-state index contributed by atoms with van der Waals surface area (Å²) in [7, 11) is 1.86. The number of nitrogens with zero attached hydrogens (tertiary/aromatic N) is 4. The Hall–Kier alpha value is -0.830. The molecule has 2 heterocycles. The van der Waals surface area contributed by atoms with E-state index < -0.39 is 0 Å². The number of aromatic nitrogens is 2. The smallest absolute Gasteiger partial charge is 0.191 e. The van der Waals surface area contributed by atoms with Crippen LogP contribution in [-0.4, -0.2) is 59.9 Å². The molecule has 3 rings (SSSR count). The number of likely N-dealkylation sites (tertiary alicyclic amines) is 1. The maximum Gasteiger partial charge on any atom is 0.191 e. The lowest BCUT2D eigenvalue weighted by Gasteiger charge is -2.25. The predicted molar refractivity (Wildman–Crippen MR) is 123 cm³/mol. The molecule has 2 aliphatic rings. The van der Waals surface area contributed by atoms with Crippen LogP contribution < -0.4 is 10.6 Å². The van der Waals surface area contributed by atoms with Crippen molar-refractivity contribution in [2.24, 2.45) is 4.99 Å². The van der Waals surface area contributed by atoms with Crippen LogP contribution in [0.1, 0.15) is 63.3 Å². The van der Waals surface area contributed by atoms with Crippen molar-refractivity contribution in [2.45, 2.75) is 70.9 Å². The molecule has 0 bridgehead atoms. The highest BCUT2D eigenvalue weighted by atomic mass is 127. The molecule has 27 heavy (non-hydrogen) atoms. The molecule has 1 saturated heterocycles. The third-order valence-electron chi connectivity index (χ3n) is 5.61. The Morgan fingerprint density at radius 1 is 1.26 bits per heavy atom. The van der Waals surface area contributed by atoms with Gasteiger partial charge in [0.05, 0.1) is 5.69 Å². The minimum absolute atomic E-state index is 0.